The minimum Gasteiger partial charge on any atom is -0.459 e. The monoisotopic (exact) mass is 456 g/mol. The van der Waals surface area contributed by atoms with Crippen LogP contribution in [-0.4, -0.2) is 43.6 Å². The van der Waals surface area contributed by atoms with Crippen LogP contribution in [-0.2, 0) is 6.54 Å². The Bertz CT molecular complexity index is 644. The fraction of sp³-hybridized carbons (Fsp3) is 0.526. The van der Waals surface area contributed by atoms with Crippen molar-refractivity contribution >= 4 is 40.9 Å². The zero-order valence-electron chi connectivity index (χ0n) is 15.1. The topological polar surface area (TPSA) is 52.8 Å². The molecule has 1 fully saturated rings. The number of halogens is 1. The summed E-state index contributed by atoms with van der Waals surface area (Å²) in [5.41, 5.74) is 0.931. The molecular formula is C19H29IN4O. The van der Waals surface area contributed by atoms with E-state index in [2.05, 4.69) is 39.6 Å². The fourth-order valence-corrected chi connectivity index (χ4v) is 3.30. The molecule has 2 heterocycles. The number of guanidine groups is 1. The third-order valence-electron chi connectivity index (χ3n) is 4.60. The Balaban J connectivity index is 0.00000225. The van der Waals surface area contributed by atoms with Crippen molar-refractivity contribution < 1.29 is 4.42 Å². The van der Waals surface area contributed by atoms with Crippen LogP contribution in [0.1, 0.15) is 31.9 Å². The first-order valence-corrected chi connectivity index (χ1v) is 8.95. The molecule has 2 aromatic rings. The number of piperidine rings is 1. The highest BCUT2D eigenvalue weighted by Crippen LogP contribution is 2.18. The molecule has 0 atom stereocenters. The number of rotatable bonds is 5. The van der Waals surface area contributed by atoms with E-state index in [9.17, 15) is 0 Å². The van der Waals surface area contributed by atoms with E-state index >= 15 is 0 Å². The number of hydrogen-bond donors (Lipinski definition) is 2. The summed E-state index contributed by atoms with van der Waals surface area (Å²) in [6.45, 7) is 6.45. The molecule has 0 saturated carbocycles. The normalized spacial score (nSPS) is 16.6. The molecule has 0 spiro atoms. The van der Waals surface area contributed by atoms with Gasteiger partial charge in [-0.05, 0) is 37.9 Å². The zero-order chi connectivity index (χ0) is 16.8. The number of fused-ring (bicyclic) bond motifs is 1. The summed E-state index contributed by atoms with van der Waals surface area (Å²) in [4.78, 5) is 6.89. The molecule has 2 N–H and O–H groups in total. The lowest BCUT2D eigenvalue weighted by atomic mass is 10.1. The van der Waals surface area contributed by atoms with Gasteiger partial charge in [0, 0.05) is 31.6 Å². The minimum atomic E-state index is 0. The molecule has 6 heteroatoms. The van der Waals surface area contributed by atoms with Gasteiger partial charge in [-0.15, -0.1) is 24.0 Å². The summed E-state index contributed by atoms with van der Waals surface area (Å²) in [5, 5.41) is 8.04. The van der Waals surface area contributed by atoms with E-state index in [1.165, 1.54) is 38.9 Å². The quantitative estimate of drug-likeness (QED) is 0.410. The smallest absolute Gasteiger partial charge is 0.191 e. The van der Waals surface area contributed by atoms with Crippen LogP contribution in [0.4, 0.5) is 0 Å². The van der Waals surface area contributed by atoms with Gasteiger partial charge in [-0.25, -0.2) is 0 Å². The molecule has 0 bridgehead atoms. The van der Waals surface area contributed by atoms with Crippen LogP contribution in [0.15, 0.2) is 39.7 Å². The summed E-state index contributed by atoms with van der Waals surface area (Å²) in [6.07, 6.45) is 3.58. The van der Waals surface area contributed by atoms with E-state index in [1.54, 1.807) is 0 Å². The first-order valence-electron chi connectivity index (χ1n) is 8.95. The predicted molar refractivity (Wildman–Crippen MR) is 115 cm³/mol. The molecule has 1 aliphatic heterocycles. The Hall–Kier alpha value is -1.28. The van der Waals surface area contributed by atoms with Crippen molar-refractivity contribution in [2.24, 2.45) is 4.99 Å². The number of nitrogens with one attached hydrogen (secondary N) is 2. The van der Waals surface area contributed by atoms with Gasteiger partial charge in [-0.3, -0.25) is 4.99 Å². The maximum Gasteiger partial charge on any atom is 0.191 e. The molecular weight excluding hydrogens is 427 g/mol. The van der Waals surface area contributed by atoms with E-state index in [0.29, 0.717) is 12.6 Å². The van der Waals surface area contributed by atoms with Gasteiger partial charge < -0.3 is 20.0 Å². The molecule has 1 aromatic heterocycles. The standard InChI is InChI=1S/C19H28N4O.HI/c1-3-10-23-11-8-16(9-12-23)22-19(20-2)21-14-17-13-15-6-4-5-7-18(15)24-17;/h4-7,13,16H,3,8-12,14H2,1-2H3,(H2,20,21,22);1H. The number of nitrogens with zero attached hydrogens (tertiary/aromatic N) is 2. The van der Waals surface area contributed by atoms with Crippen molar-refractivity contribution in [2.45, 2.75) is 38.8 Å². The second-order valence-corrected chi connectivity index (χ2v) is 6.44. The molecule has 1 saturated heterocycles. The van der Waals surface area contributed by atoms with Crippen LogP contribution in [0, 0.1) is 0 Å². The van der Waals surface area contributed by atoms with Crippen LogP contribution in [0.2, 0.25) is 0 Å². The lowest BCUT2D eigenvalue weighted by Gasteiger charge is -2.32. The maximum atomic E-state index is 5.84. The lowest BCUT2D eigenvalue weighted by Crippen LogP contribution is -2.48. The summed E-state index contributed by atoms with van der Waals surface area (Å²) < 4.78 is 5.84. The molecule has 0 aliphatic carbocycles. The first kappa shape index (κ1) is 20.0. The molecule has 1 aliphatic rings. The third kappa shape index (κ3) is 5.60. The van der Waals surface area contributed by atoms with E-state index in [1.807, 2.05) is 25.2 Å². The largest absolute Gasteiger partial charge is 0.459 e. The number of likely N-dealkylation sites (tertiary alicyclic amines) is 1. The molecule has 3 rings (SSSR count). The average Bonchev–Trinajstić information content (AvgIpc) is 3.03. The van der Waals surface area contributed by atoms with Crippen LogP contribution in [0.5, 0.6) is 0 Å². The van der Waals surface area contributed by atoms with Crippen LogP contribution in [0.25, 0.3) is 11.0 Å². The van der Waals surface area contributed by atoms with Gasteiger partial charge >= 0.3 is 0 Å². The van der Waals surface area contributed by atoms with Gasteiger partial charge in [0.05, 0.1) is 6.54 Å². The summed E-state index contributed by atoms with van der Waals surface area (Å²) in [7, 11) is 1.82. The summed E-state index contributed by atoms with van der Waals surface area (Å²) >= 11 is 0. The number of benzene rings is 1. The Morgan fingerprint density at radius 2 is 2.04 bits per heavy atom. The Morgan fingerprint density at radius 1 is 1.28 bits per heavy atom. The number of hydrogen-bond acceptors (Lipinski definition) is 3. The molecule has 138 valence electrons. The van der Waals surface area contributed by atoms with Gasteiger partial charge in [-0.1, -0.05) is 25.1 Å². The lowest BCUT2D eigenvalue weighted by molar-refractivity contribution is 0.206. The molecule has 1 aromatic carbocycles. The van der Waals surface area contributed by atoms with E-state index < -0.39 is 0 Å². The molecule has 0 radical (unpaired) electrons. The summed E-state index contributed by atoms with van der Waals surface area (Å²) in [6, 6.07) is 10.7. The van der Waals surface area contributed by atoms with Crippen molar-refractivity contribution in [3.8, 4) is 0 Å². The minimum absolute atomic E-state index is 0. The maximum absolute atomic E-state index is 5.84. The summed E-state index contributed by atoms with van der Waals surface area (Å²) in [5.74, 6) is 1.78. The molecule has 0 amide bonds. The van der Waals surface area contributed by atoms with Crippen LogP contribution < -0.4 is 10.6 Å². The molecule has 0 unspecified atom stereocenters. The Kier molecular flexibility index (Phi) is 8.02. The second kappa shape index (κ2) is 10.0. The van der Waals surface area contributed by atoms with Crippen molar-refractivity contribution in [1.29, 1.82) is 0 Å². The van der Waals surface area contributed by atoms with Gasteiger partial charge in [0.25, 0.3) is 0 Å². The average molecular weight is 456 g/mol. The molecule has 5 nitrogen and oxygen atoms in total. The van der Waals surface area contributed by atoms with Gasteiger partial charge in [0.2, 0.25) is 0 Å². The highest BCUT2D eigenvalue weighted by atomic mass is 127. The fourth-order valence-electron chi connectivity index (χ4n) is 3.30. The van der Waals surface area contributed by atoms with Crippen molar-refractivity contribution in [2.75, 3.05) is 26.7 Å². The number of para-hydroxylation sites is 1. The highest BCUT2D eigenvalue weighted by Gasteiger charge is 2.19. The van der Waals surface area contributed by atoms with E-state index in [-0.39, 0.29) is 24.0 Å². The van der Waals surface area contributed by atoms with Crippen molar-refractivity contribution in [1.82, 2.24) is 15.5 Å². The van der Waals surface area contributed by atoms with Crippen LogP contribution in [0.3, 0.4) is 0 Å². The highest BCUT2D eigenvalue weighted by molar-refractivity contribution is 14.0. The van der Waals surface area contributed by atoms with E-state index in [4.69, 9.17) is 4.42 Å². The van der Waals surface area contributed by atoms with Crippen LogP contribution >= 0.6 is 24.0 Å². The van der Waals surface area contributed by atoms with Gasteiger partial charge in [0.15, 0.2) is 5.96 Å². The predicted octanol–water partition coefficient (Wildman–Crippen LogP) is 3.59. The Labute approximate surface area is 167 Å². The van der Waals surface area contributed by atoms with Gasteiger partial charge in [0.1, 0.15) is 11.3 Å². The third-order valence-corrected chi connectivity index (χ3v) is 4.60. The second-order valence-electron chi connectivity index (χ2n) is 6.44. The number of aliphatic imine (C=N–C) groups is 1. The number of furan rings is 1. The van der Waals surface area contributed by atoms with Crippen molar-refractivity contribution in [3.63, 3.8) is 0 Å². The van der Waals surface area contributed by atoms with E-state index in [0.717, 1.165) is 22.7 Å². The van der Waals surface area contributed by atoms with Gasteiger partial charge in [-0.2, -0.15) is 0 Å². The SMILES string of the molecule is CCCN1CCC(NC(=NC)NCc2cc3ccccc3o2)CC1.I. The Morgan fingerprint density at radius 3 is 2.72 bits per heavy atom. The molecule has 25 heavy (non-hydrogen) atoms. The van der Waals surface area contributed by atoms with Crippen molar-refractivity contribution in [3.05, 3.63) is 36.1 Å². The first-order chi connectivity index (χ1) is 11.8. The zero-order valence-corrected chi connectivity index (χ0v) is 17.5.